The van der Waals surface area contributed by atoms with E-state index >= 15 is 0 Å². The first kappa shape index (κ1) is 22.8. The minimum atomic E-state index is -0.308. The quantitative estimate of drug-likeness (QED) is 0.525. The molecule has 1 saturated heterocycles. The predicted octanol–water partition coefficient (Wildman–Crippen LogP) is 4.96. The van der Waals surface area contributed by atoms with E-state index in [0.29, 0.717) is 22.6 Å². The smallest absolute Gasteiger partial charge is 0.132 e. The summed E-state index contributed by atoms with van der Waals surface area (Å²) >= 11 is 0. The predicted molar refractivity (Wildman–Crippen MR) is 134 cm³/mol. The molecule has 5 N–H and O–H groups in total. The van der Waals surface area contributed by atoms with Gasteiger partial charge >= 0.3 is 0 Å². The molecule has 1 aromatic carbocycles. The molecule has 1 atom stereocenters. The Balaban J connectivity index is 1.75. The first-order valence-corrected chi connectivity index (χ1v) is 11.5. The molecule has 1 aromatic heterocycles. The van der Waals surface area contributed by atoms with Crippen LogP contribution in [0.15, 0.2) is 78.2 Å². The largest absolute Gasteiger partial charge is 0.397 e. The molecule has 0 unspecified atom stereocenters. The second-order valence-electron chi connectivity index (χ2n) is 8.57. The molecular weight excluding hydrogens is 413 g/mol. The van der Waals surface area contributed by atoms with Gasteiger partial charge in [-0.1, -0.05) is 24.8 Å². The minimum absolute atomic E-state index is 0.154. The number of nitrogen functional groups attached to an aromatic ring is 1. The number of halogens is 1. The summed E-state index contributed by atoms with van der Waals surface area (Å²) in [5.41, 5.74) is 18.9. The van der Waals surface area contributed by atoms with Gasteiger partial charge in [0.2, 0.25) is 0 Å². The molecule has 1 aliphatic carbocycles. The zero-order valence-electron chi connectivity index (χ0n) is 19.2. The van der Waals surface area contributed by atoms with Crippen molar-refractivity contribution in [2.75, 3.05) is 18.8 Å². The van der Waals surface area contributed by atoms with E-state index in [4.69, 9.17) is 16.5 Å². The van der Waals surface area contributed by atoms with E-state index in [-0.39, 0.29) is 11.9 Å². The van der Waals surface area contributed by atoms with Crippen LogP contribution in [0.3, 0.4) is 0 Å². The highest BCUT2D eigenvalue weighted by molar-refractivity contribution is 5.78. The molecule has 2 heterocycles. The van der Waals surface area contributed by atoms with Gasteiger partial charge in [-0.2, -0.15) is 0 Å². The molecule has 0 bridgehead atoms. The molecule has 0 spiro atoms. The van der Waals surface area contributed by atoms with Crippen LogP contribution in [0.4, 0.5) is 10.1 Å². The van der Waals surface area contributed by atoms with Crippen LogP contribution in [-0.2, 0) is 0 Å². The van der Waals surface area contributed by atoms with Crippen molar-refractivity contribution in [1.29, 1.82) is 0 Å². The minimum Gasteiger partial charge on any atom is -0.397 e. The lowest BCUT2D eigenvalue weighted by Gasteiger charge is -2.34. The van der Waals surface area contributed by atoms with Crippen molar-refractivity contribution in [3.63, 3.8) is 0 Å². The molecule has 2 fully saturated rings. The highest BCUT2D eigenvalue weighted by Crippen LogP contribution is 2.38. The van der Waals surface area contributed by atoms with Crippen LogP contribution in [-0.4, -0.2) is 29.0 Å². The number of anilines is 1. The van der Waals surface area contributed by atoms with Crippen LogP contribution in [0, 0.1) is 5.82 Å². The number of aromatic nitrogens is 1. The number of hydrogen-bond donors (Lipinski definition) is 3. The molecule has 5 nitrogen and oxygen atoms in total. The number of hydrogen-bond acceptors (Lipinski definition) is 5. The number of piperidine rings is 1. The number of likely N-dealkylation sites (tertiary alicyclic amines) is 1. The monoisotopic (exact) mass is 445 g/mol. The lowest BCUT2D eigenvalue weighted by atomic mass is 10.0. The number of nitrogens with two attached hydrogens (primary N) is 2. The molecule has 2 aromatic rings. The van der Waals surface area contributed by atoms with Crippen molar-refractivity contribution >= 4 is 11.4 Å². The van der Waals surface area contributed by atoms with Crippen molar-refractivity contribution < 1.29 is 4.39 Å². The first-order chi connectivity index (χ1) is 16.0. The number of pyridine rings is 1. The maximum absolute atomic E-state index is 14.4. The van der Waals surface area contributed by atoms with Gasteiger partial charge in [-0.25, -0.2) is 9.37 Å². The van der Waals surface area contributed by atoms with Crippen LogP contribution in [0.1, 0.15) is 38.3 Å². The second kappa shape index (κ2) is 10.0. The molecule has 33 heavy (non-hydrogen) atoms. The molecule has 172 valence electrons. The Hall–Kier alpha value is -3.38. The molecule has 4 rings (SSSR count). The van der Waals surface area contributed by atoms with Crippen LogP contribution in [0.5, 0.6) is 0 Å². The highest BCUT2D eigenvalue weighted by Gasteiger charge is 2.25. The van der Waals surface area contributed by atoms with Crippen molar-refractivity contribution in [2.24, 2.45) is 5.73 Å². The topological polar surface area (TPSA) is 80.2 Å². The van der Waals surface area contributed by atoms with E-state index in [9.17, 15) is 4.39 Å². The SMILES string of the molecule is C=C/C(NC(=C1CC1)c1nc(-c2ccccc2F)ccc1N)=C(\C=C/C)N1CCC[C@@H](N)C1. The van der Waals surface area contributed by atoms with E-state index < -0.39 is 0 Å². The van der Waals surface area contributed by atoms with Gasteiger partial charge in [-0.05, 0) is 74.6 Å². The van der Waals surface area contributed by atoms with Gasteiger partial charge in [0.15, 0.2) is 0 Å². The van der Waals surface area contributed by atoms with Gasteiger partial charge < -0.3 is 21.7 Å². The number of nitrogens with one attached hydrogen (secondary N) is 1. The summed E-state index contributed by atoms with van der Waals surface area (Å²) in [5, 5.41) is 3.58. The molecule has 1 aliphatic heterocycles. The summed E-state index contributed by atoms with van der Waals surface area (Å²) in [6.45, 7) is 7.82. The van der Waals surface area contributed by atoms with Crippen LogP contribution < -0.4 is 16.8 Å². The van der Waals surface area contributed by atoms with Gasteiger partial charge in [-0.15, -0.1) is 0 Å². The van der Waals surface area contributed by atoms with Gasteiger partial charge in [0.25, 0.3) is 0 Å². The Morgan fingerprint density at radius 1 is 1.24 bits per heavy atom. The molecule has 0 radical (unpaired) electrons. The van der Waals surface area contributed by atoms with Gasteiger partial charge in [-0.3, -0.25) is 0 Å². The fraction of sp³-hybridized carbons (Fsp3) is 0.296. The Morgan fingerprint density at radius 3 is 2.70 bits per heavy atom. The van der Waals surface area contributed by atoms with Gasteiger partial charge in [0, 0.05) is 24.7 Å². The van der Waals surface area contributed by atoms with Crippen molar-refractivity contribution in [2.45, 2.75) is 38.6 Å². The zero-order chi connectivity index (χ0) is 23.4. The highest BCUT2D eigenvalue weighted by atomic mass is 19.1. The molecule has 1 saturated carbocycles. The van der Waals surface area contributed by atoms with E-state index in [1.807, 2.05) is 19.1 Å². The maximum Gasteiger partial charge on any atom is 0.132 e. The van der Waals surface area contributed by atoms with Crippen molar-refractivity contribution in [3.8, 4) is 11.3 Å². The summed E-state index contributed by atoms with van der Waals surface area (Å²) in [6.07, 6.45) is 9.99. The number of benzene rings is 1. The average Bonchev–Trinajstić information content (AvgIpc) is 3.65. The first-order valence-electron chi connectivity index (χ1n) is 11.5. The Labute approximate surface area is 195 Å². The summed E-state index contributed by atoms with van der Waals surface area (Å²) in [7, 11) is 0. The molecule has 2 aliphatic rings. The number of allylic oxidation sites excluding steroid dienone is 4. The second-order valence-corrected chi connectivity index (χ2v) is 8.57. The normalized spacial score (nSPS) is 18.8. The summed E-state index contributed by atoms with van der Waals surface area (Å²) in [4.78, 5) is 7.09. The molecular formula is C27H32FN5. The third kappa shape index (κ3) is 5.17. The standard InChI is InChI=1S/C27H32FN5/c1-3-8-25(33-16-7-9-19(29)17-33)23(4-2)31-26(18-12-13-18)27-22(30)14-15-24(32-27)20-10-5-6-11-21(20)28/h3-6,8,10-11,14-15,19,31H,2,7,9,12-13,16-17,29-30H2,1H3/b8-3-,25-23-/t19-/m1/s1. The number of rotatable bonds is 7. The zero-order valence-corrected chi connectivity index (χ0v) is 19.2. The van der Waals surface area contributed by atoms with Gasteiger partial charge in [0.1, 0.15) is 11.5 Å². The average molecular weight is 446 g/mol. The third-order valence-corrected chi connectivity index (χ3v) is 6.03. The lowest BCUT2D eigenvalue weighted by molar-refractivity contribution is 0.264. The Kier molecular flexibility index (Phi) is 6.94. The van der Waals surface area contributed by atoms with E-state index in [1.54, 1.807) is 30.3 Å². The molecule has 6 heteroatoms. The van der Waals surface area contributed by atoms with Gasteiger partial charge in [0.05, 0.1) is 28.5 Å². The fourth-order valence-electron chi connectivity index (χ4n) is 4.22. The van der Waals surface area contributed by atoms with E-state index in [2.05, 4.69) is 22.9 Å². The van der Waals surface area contributed by atoms with Crippen molar-refractivity contribution in [1.82, 2.24) is 15.2 Å². The van der Waals surface area contributed by atoms with E-state index in [1.165, 1.54) is 11.6 Å². The van der Waals surface area contributed by atoms with Crippen LogP contribution >= 0.6 is 0 Å². The molecule has 0 amide bonds. The van der Waals surface area contributed by atoms with Crippen molar-refractivity contribution in [3.05, 3.63) is 89.7 Å². The fourth-order valence-corrected chi connectivity index (χ4v) is 4.22. The summed E-state index contributed by atoms with van der Waals surface area (Å²) in [5.74, 6) is -0.308. The lowest BCUT2D eigenvalue weighted by Crippen LogP contribution is -2.42. The van der Waals surface area contributed by atoms with E-state index in [0.717, 1.165) is 55.9 Å². The Bertz CT molecular complexity index is 1130. The summed E-state index contributed by atoms with van der Waals surface area (Å²) < 4.78 is 14.4. The summed E-state index contributed by atoms with van der Waals surface area (Å²) in [6, 6.07) is 10.4. The van der Waals surface area contributed by atoms with Crippen LogP contribution in [0.2, 0.25) is 0 Å². The number of nitrogens with zero attached hydrogens (tertiary/aromatic N) is 2. The Morgan fingerprint density at radius 2 is 2.03 bits per heavy atom. The third-order valence-electron chi connectivity index (χ3n) is 6.03. The maximum atomic E-state index is 14.4. The van der Waals surface area contributed by atoms with Crippen LogP contribution in [0.25, 0.3) is 17.0 Å².